The molecule has 0 fully saturated rings. The van der Waals surface area contributed by atoms with Crippen molar-refractivity contribution in [1.82, 2.24) is 10.6 Å². The number of benzene rings is 2. The third kappa shape index (κ3) is 4.31. The molecule has 140 valence electrons. The maximum Gasteiger partial charge on any atom is 0.260 e. The van der Waals surface area contributed by atoms with Crippen LogP contribution in [0.4, 0.5) is 0 Å². The highest BCUT2D eigenvalue weighted by atomic mass is 79.9. The predicted molar refractivity (Wildman–Crippen MR) is 105 cm³/mol. The van der Waals surface area contributed by atoms with Crippen molar-refractivity contribution in [3.8, 4) is 11.5 Å². The fraction of sp³-hybridized carbons (Fsp3) is 0.200. The first kappa shape index (κ1) is 19.0. The van der Waals surface area contributed by atoms with E-state index in [4.69, 9.17) is 4.74 Å². The Bertz CT molecular complexity index is 924. The van der Waals surface area contributed by atoms with Gasteiger partial charge in [-0.25, -0.2) is 0 Å². The van der Waals surface area contributed by atoms with Crippen LogP contribution in [0.2, 0.25) is 0 Å². The molecule has 1 aliphatic heterocycles. The molecular weight excluding hydrogens is 412 g/mol. The molecule has 0 saturated carbocycles. The minimum atomic E-state index is -0.454. The monoisotopic (exact) mass is 430 g/mol. The van der Waals surface area contributed by atoms with Crippen LogP contribution in [-0.2, 0) is 11.3 Å². The third-order valence-electron chi connectivity index (χ3n) is 4.03. The van der Waals surface area contributed by atoms with E-state index in [0.29, 0.717) is 35.6 Å². The van der Waals surface area contributed by atoms with Gasteiger partial charge < -0.3 is 15.2 Å². The lowest BCUT2D eigenvalue weighted by atomic mass is 9.95. The zero-order valence-corrected chi connectivity index (χ0v) is 16.3. The molecule has 0 aliphatic carbocycles. The standard InChI is InChI=1S/C20H19BrN2O4/c1-2-7-27-18-6-3-12(8-17(18)24)10-22-11-16-15-9-13(21)4-5-14(15)19(25)23-20(16)26/h3-6,8-9,11,22,24H,2,7,10H2,1H3,(H,23,25,26)/b16-11-. The van der Waals surface area contributed by atoms with Crippen molar-refractivity contribution in [3.05, 3.63) is 63.8 Å². The molecule has 1 heterocycles. The van der Waals surface area contributed by atoms with Crippen molar-refractivity contribution in [3.63, 3.8) is 0 Å². The summed E-state index contributed by atoms with van der Waals surface area (Å²) in [6.07, 6.45) is 2.43. The number of halogens is 1. The molecule has 0 spiro atoms. The van der Waals surface area contributed by atoms with Crippen molar-refractivity contribution >= 4 is 33.3 Å². The molecule has 6 nitrogen and oxygen atoms in total. The zero-order valence-electron chi connectivity index (χ0n) is 14.7. The number of rotatable bonds is 6. The number of aromatic hydroxyl groups is 1. The van der Waals surface area contributed by atoms with Crippen LogP contribution < -0.4 is 15.4 Å². The van der Waals surface area contributed by atoms with Gasteiger partial charge in [0.05, 0.1) is 12.2 Å². The van der Waals surface area contributed by atoms with E-state index in [1.54, 1.807) is 36.5 Å². The molecule has 0 bridgehead atoms. The van der Waals surface area contributed by atoms with Gasteiger partial charge in [-0.2, -0.15) is 0 Å². The fourth-order valence-corrected chi connectivity index (χ4v) is 3.08. The molecule has 0 unspecified atom stereocenters. The number of fused-ring (bicyclic) bond motifs is 1. The number of carbonyl (C=O) groups excluding carboxylic acids is 2. The van der Waals surface area contributed by atoms with Gasteiger partial charge in [-0.15, -0.1) is 0 Å². The topological polar surface area (TPSA) is 87.7 Å². The maximum atomic E-state index is 12.2. The van der Waals surface area contributed by atoms with Gasteiger partial charge in [0.15, 0.2) is 11.5 Å². The minimum Gasteiger partial charge on any atom is -0.504 e. The number of amides is 2. The van der Waals surface area contributed by atoms with Crippen molar-refractivity contribution in [2.75, 3.05) is 6.61 Å². The second-order valence-corrected chi connectivity index (χ2v) is 6.98. The van der Waals surface area contributed by atoms with Crippen molar-refractivity contribution in [2.24, 2.45) is 0 Å². The Hall–Kier alpha value is -2.80. The van der Waals surface area contributed by atoms with Crippen LogP contribution in [0, 0.1) is 0 Å². The van der Waals surface area contributed by atoms with Crippen LogP contribution in [0.3, 0.4) is 0 Å². The van der Waals surface area contributed by atoms with Crippen LogP contribution in [0.5, 0.6) is 11.5 Å². The summed E-state index contributed by atoms with van der Waals surface area (Å²) in [6.45, 7) is 2.93. The van der Waals surface area contributed by atoms with E-state index in [2.05, 4.69) is 26.6 Å². The van der Waals surface area contributed by atoms with Gasteiger partial charge in [0.25, 0.3) is 11.8 Å². The highest BCUT2D eigenvalue weighted by molar-refractivity contribution is 9.10. The van der Waals surface area contributed by atoms with Gasteiger partial charge in [-0.1, -0.05) is 28.9 Å². The van der Waals surface area contributed by atoms with E-state index in [1.165, 1.54) is 0 Å². The summed E-state index contributed by atoms with van der Waals surface area (Å²) >= 11 is 3.36. The summed E-state index contributed by atoms with van der Waals surface area (Å²) in [7, 11) is 0. The Labute approximate surface area is 165 Å². The first-order chi connectivity index (χ1) is 13.0. The Morgan fingerprint density at radius 2 is 1.96 bits per heavy atom. The quantitative estimate of drug-likeness (QED) is 0.483. The molecule has 27 heavy (non-hydrogen) atoms. The summed E-state index contributed by atoms with van der Waals surface area (Å²) in [5.74, 6) is -0.343. The maximum absolute atomic E-state index is 12.2. The molecule has 0 saturated heterocycles. The van der Waals surface area contributed by atoms with E-state index in [9.17, 15) is 14.7 Å². The number of phenolic OH excluding ortho intramolecular Hbond substituents is 1. The molecule has 7 heteroatoms. The van der Waals surface area contributed by atoms with Crippen LogP contribution in [0.1, 0.15) is 34.8 Å². The second-order valence-electron chi connectivity index (χ2n) is 6.06. The summed E-state index contributed by atoms with van der Waals surface area (Å²) in [4.78, 5) is 24.2. The van der Waals surface area contributed by atoms with Gasteiger partial charge in [-0.3, -0.25) is 14.9 Å². The van der Waals surface area contributed by atoms with E-state index < -0.39 is 11.8 Å². The summed E-state index contributed by atoms with van der Waals surface area (Å²) in [5, 5.41) is 15.4. The largest absolute Gasteiger partial charge is 0.504 e. The summed E-state index contributed by atoms with van der Waals surface area (Å²) in [5.41, 5.74) is 2.21. The molecule has 2 amide bonds. The molecular formula is C20H19BrN2O4. The van der Waals surface area contributed by atoms with E-state index in [-0.39, 0.29) is 5.75 Å². The minimum absolute atomic E-state index is 0.0747. The molecule has 1 aliphatic rings. The molecule has 2 aromatic rings. The first-order valence-electron chi connectivity index (χ1n) is 8.53. The number of hydrogen-bond donors (Lipinski definition) is 3. The number of phenols is 1. The second kappa shape index (κ2) is 8.26. The Kier molecular flexibility index (Phi) is 5.81. The van der Waals surface area contributed by atoms with Crippen LogP contribution in [0.15, 0.2) is 47.1 Å². The van der Waals surface area contributed by atoms with E-state index in [1.807, 2.05) is 13.0 Å². The number of hydrogen-bond acceptors (Lipinski definition) is 5. The Morgan fingerprint density at radius 3 is 2.70 bits per heavy atom. The highest BCUT2D eigenvalue weighted by Gasteiger charge is 2.27. The van der Waals surface area contributed by atoms with Gasteiger partial charge in [0, 0.05) is 28.3 Å². The third-order valence-corrected chi connectivity index (χ3v) is 4.52. The van der Waals surface area contributed by atoms with Gasteiger partial charge in [0.2, 0.25) is 0 Å². The molecule has 0 atom stereocenters. The Morgan fingerprint density at radius 1 is 1.15 bits per heavy atom. The predicted octanol–water partition coefficient (Wildman–Crippen LogP) is 3.34. The lowest BCUT2D eigenvalue weighted by Crippen LogP contribution is -2.37. The zero-order chi connectivity index (χ0) is 19.4. The highest BCUT2D eigenvalue weighted by Crippen LogP contribution is 2.28. The number of carbonyl (C=O) groups is 2. The SMILES string of the molecule is CCCOc1ccc(CN/C=C2\C(=O)NC(=O)c3ccc(Br)cc32)cc1O. The average Bonchev–Trinajstić information content (AvgIpc) is 2.63. The van der Waals surface area contributed by atoms with Crippen molar-refractivity contribution in [2.45, 2.75) is 19.9 Å². The van der Waals surface area contributed by atoms with Crippen LogP contribution in [-0.4, -0.2) is 23.5 Å². The molecule has 2 aromatic carbocycles. The van der Waals surface area contributed by atoms with Gasteiger partial charge in [0.1, 0.15) is 0 Å². The van der Waals surface area contributed by atoms with Crippen molar-refractivity contribution < 1.29 is 19.4 Å². The first-order valence-corrected chi connectivity index (χ1v) is 9.32. The summed E-state index contributed by atoms with van der Waals surface area (Å²) in [6, 6.07) is 10.3. The average molecular weight is 431 g/mol. The Balaban J connectivity index is 1.76. The molecule has 0 aromatic heterocycles. The number of imide groups is 1. The summed E-state index contributed by atoms with van der Waals surface area (Å²) < 4.78 is 6.22. The lowest BCUT2D eigenvalue weighted by Gasteiger charge is -2.18. The number of ether oxygens (including phenoxy) is 1. The smallest absolute Gasteiger partial charge is 0.260 e. The van der Waals surface area contributed by atoms with E-state index in [0.717, 1.165) is 16.5 Å². The molecule has 3 rings (SSSR count). The molecule has 3 N–H and O–H groups in total. The van der Waals surface area contributed by atoms with Gasteiger partial charge >= 0.3 is 0 Å². The normalized spacial score (nSPS) is 14.7. The number of nitrogens with one attached hydrogen (secondary N) is 2. The lowest BCUT2D eigenvalue weighted by molar-refractivity contribution is -0.114. The molecule has 0 radical (unpaired) electrons. The van der Waals surface area contributed by atoms with E-state index >= 15 is 0 Å². The van der Waals surface area contributed by atoms with Crippen molar-refractivity contribution in [1.29, 1.82) is 0 Å². The van der Waals surface area contributed by atoms with Crippen LogP contribution in [0.25, 0.3) is 5.57 Å². The van der Waals surface area contributed by atoms with Crippen LogP contribution >= 0.6 is 15.9 Å². The fourth-order valence-electron chi connectivity index (χ4n) is 2.72. The van der Waals surface area contributed by atoms with Gasteiger partial charge in [-0.05, 0) is 42.3 Å².